The van der Waals surface area contributed by atoms with Crippen molar-refractivity contribution in [3.8, 4) is 0 Å². The molecule has 3 heteroatoms. The SMILES string of the molecule is CC(C)C(C)N(C)Cc1cccc(CNC(C)(C)C)n1. The molecule has 1 aromatic heterocycles. The molecule has 1 rings (SSSR count). The monoisotopic (exact) mass is 277 g/mol. The van der Waals surface area contributed by atoms with Crippen LogP contribution in [-0.2, 0) is 13.1 Å². The smallest absolute Gasteiger partial charge is 0.0547 e. The van der Waals surface area contributed by atoms with Gasteiger partial charge in [0, 0.05) is 24.7 Å². The molecule has 0 amide bonds. The molecule has 0 aromatic carbocycles. The highest BCUT2D eigenvalue weighted by atomic mass is 15.1. The summed E-state index contributed by atoms with van der Waals surface area (Å²) >= 11 is 0. The van der Waals surface area contributed by atoms with Crippen LogP contribution in [-0.4, -0.2) is 28.5 Å². The molecule has 0 aliphatic rings. The fourth-order valence-electron chi connectivity index (χ4n) is 1.98. The Hall–Kier alpha value is -0.930. The van der Waals surface area contributed by atoms with Gasteiger partial charge in [-0.3, -0.25) is 9.88 Å². The van der Waals surface area contributed by atoms with Gasteiger partial charge in [-0.2, -0.15) is 0 Å². The zero-order valence-corrected chi connectivity index (χ0v) is 14.2. The Morgan fingerprint density at radius 2 is 1.75 bits per heavy atom. The molecule has 20 heavy (non-hydrogen) atoms. The van der Waals surface area contributed by atoms with Crippen molar-refractivity contribution in [3.63, 3.8) is 0 Å². The third-order valence-corrected chi connectivity index (χ3v) is 3.74. The van der Waals surface area contributed by atoms with Gasteiger partial charge in [0.2, 0.25) is 0 Å². The topological polar surface area (TPSA) is 28.2 Å². The fourth-order valence-corrected chi connectivity index (χ4v) is 1.98. The van der Waals surface area contributed by atoms with Crippen LogP contribution in [0, 0.1) is 5.92 Å². The third kappa shape index (κ3) is 6.02. The average Bonchev–Trinajstić information content (AvgIpc) is 2.35. The molecule has 114 valence electrons. The Balaban J connectivity index is 2.64. The molecule has 1 aromatic rings. The minimum Gasteiger partial charge on any atom is -0.306 e. The summed E-state index contributed by atoms with van der Waals surface area (Å²) < 4.78 is 0. The van der Waals surface area contributed by atoms with E-state index in [0.717, 1.165) is 24.5 Å². The minimum absolute atomic E-state index is 0.126. The normalized spacial score (nSPS) is 14.1. The molecule has 1 atom stereocenters. The highest BCUT2D eigenvalue weighted by molar-refractivity contribution is 5.11. The summed E-state index contributed by atoms with van der Waals surface area (Å²) in [6.45, 7) is 15.1. The Morgan fingerprint density at radius 1 is 1.15 bits per heavy atom. The van der Waals surface area contributed by atoms with Crippen molar-refractivity contribution >= 4 is 0 Å². The van der Waals surface area contributed by atoms with E-state index in [4.69, 9.17) is 4.98 Å². The molecular weight excluding hydrogens is 246 g/mol. The highest BCUT2D eigenvalue weighted by Gasteiger charge is 2.14. The van der Waals surface area contributed by atoms with Gasteiger partial charge in [0.05, 0.1) is 11.4 Å². The van der Waals surface area contributed by atoms with Crippen molar-refractivity contribution in [1.29, 1.82) is 0 Å². The maximum Gasteiger partial charge on any atom is 0.0547 e. The van der Waals surface area contributed by atoms with Crippen molar-refractivity contribution < 1.29 is 0 Å². The van der Waals surface area contributed by atoms with Crippen LogP contribution in [0.2, 0.25) is 0 Å². The van der Waals surface area contributed by atoms with E-state index < -0.39 is 0 Å². The highest BCUT2D eigenvalue weighted by Crippen LogP contribution is 2.12. The summed E-state index contributed by atoms with van der Waals surface area (Å²) in [5.41, 5.74) is 2.39. The van der Waals surface area contributed by atoms with E-state index in [1.54, 1.807) is 0 Å². The zero-order chi connectivity index (χ0) is 15.3. The first-order chi connectivity index (χ1) is 9.19. The van der Waals surface area contributed by atoms with Crippen LogP contribution < -0.4 is 5.32 Å². The summed E-state index contributed by atoms with van der Waals surface area (Å²) in [5.74, 6) is 0.658. The summed E-state index contributed by atoms with van der Waals surface area (Å²) in [6, 6.07) is 6.88. The molecule has 0 radical (unpaired) electrons. The second kappa shape index (κ2) is 7.19. The van der Waals surface area contributed by atoms with E-state index in [-0.39, 0.29) is 5.54 Å². The molecule has 0 bridgehead atoms. The minimum atomic E-state index is 0.126. The molecule has 0 fully saturated rings. The zero-order valence-electron chi connectivity index (χ0n) is 14.2. The summed E-state index contributed by atoms with van der Waals surface area (Å²) in [7, 11) is 2.17. The fraction of sp³-hybridized carbons (Fsp3) is 0.706. The first-order valence-corrected chi connectivity index (χ1v) is 7.59. The molecule has 0 aliphatic carbocycles. The largest absolute Gasteiger partial charge is 0.306 e. The van der Waals surface area contributed by atoms with Gasteiger partial charge in [0.25, 0.3) is 0 Å². The van der Waals surface area contributed by atoms with Crippen molar-refractivity contribution in [2.45, 2.75) is 66.2 Å². The second-order valence-electron chi connectivity index (χ2n) is 7.12. The number of hydrogen-bond acceptors (Lipinski definition) is 3. The molecule has 0 aliphatic heterocycles. The molecule has 1 N–H and O–H groups in total. The summed E-state index contributed by atoms with van der Waals surface area (Å²) in [6.07, 6.45) is 0. The molecule has 1 unspecified atom stereocenters. The van der Waals surface area contributed by atoms with Gasteiger partial charge < -0.3 is 5.32 Å². The van der Waals surface area contributed by atoms with Crippen LogP contribution in [0.25, 0.3) is 0 Å². The first-order valence-electron chi connectivity index (χ1n) is 7.59. The van der Waals surface area contributed by atoms with Crippen LogP contribution in [0.1, 0.15) is 52.9 Å². The predicted molar refractivity (Wildman–Crippen MR) is 86.6 cm³/mol. The lowest BCUT2D eigenvalue weighted by molar-refractivity contribution is 0.198. The lowest BCUT2D eigenvalue weighted by Gasteiger charge is -2.27. The Morgan fingerprint density at radius 3 is 2.30 bits per heavy atom. The van der Waals surface area contributed by atoms with Gasteiger partial charge in [0.15, 0.2) is 0 Å². The van der Waals surface area contributed by atoms with Crippen LogP contribution in [0.5, 0.6) is 0 Å². The van der Waals surface area contributed by atoms with Gasteiger partial charge >= 0.3 is 0 Å². The number of pyridine rings is 1. The molecule has 1 heterocycles. The van der Waals surface area contributed by atoms with E-state index in [0.29, 0.717) is 12.0 Å². The summed E-state index contributed by atoms with van der Waals surface area (Å²) in [5, 5.41) is 3.48. The number of aromatic nitrogens is 1. The Kier molecular flexibility index (Phi) is 6.15. The Bertz CT molecular complexity index is 407. The summed E-state index contributed by atoms with van der Waals surface area (Å²) in [4.78, 5) is 7.12. The standard InChI is InChI=1S/C17H31N3/c1-13(2)14(3)20(7)12-16-10-8-9-15(19-16)11-18-17(4,5)6/h8-10,13-14,18H,11-12H2,1-7H3. The van der Waals surface area contributed by atoms with Crippen molar-refractivity contribution in [2.24, 2.45) is 5.92 Å². The van der Waals surface area contributed by atoms with E-state index in [9.17, 15) is 0 Å². The number of nitrogens with one attached hydrogen (secondary N) is 1. The molecule has 0 saturated carbocycles. The van der Waals surface area contributed by atoms with Gasteiger partial charge in [-0.15, -0.1) is 0 Å². The maximum atomic E-state index is 4.75. The first kappa shape index (κ1) is 17.1. The van der Waals surface area contributed by atoms with Crippen molar-refractivity contribution in [2.75, 3.05) is 7.05 Å². The molecule has 0 spiro atoms. The van der Waals surface area contributed by atoms with E-state index in [1.807, 2.05) is 0 Å². The van der Waals surface area contributed by atoms with Crippen LogP contribution in [0.15, 0.2) is 18.2 Å². The number of nitrogens with zero attached hydrogens (tertiary/aromatic N) is 2. The predicted octanol–water partition coefficient (Wildman–Crippen LogP) is 3.45. The van der Waals surface area contributed by atoms with Gasteiger partial charge in [0.1, 0.15) is 0 Å². The van der Waals surface area contributed by atoms with E-state index >= 15 is 0 Å². The van der Waals surface area contributed by atoms with Crippen molar-refractivity contribution in [1.82, 2.24) is 15.2 Å². The maximum absolute atomic E-state index is 4.75. The lowest BCUT2D eigenvalue weighted by atomic mass is 10.1. The van der Waals surface area contributed by atoms with Crippen LogP contribution >= 0.6 is 0 Å². The van der Waals surface area contributed by atoms with E-state index in [1.165, 1.54) is 0 Å². The van der Waals surface area contributed by atoms with Gasteiger partial charge in [-0.05, 0) is 52.8 Å². The lowest BCUT2D eigenvalue weighted by Crippen LogP contribution is -2.35. The molecular formula is C17H31N3. The number of hydrogen-bond donors (Lipinski definition) is 1. The molecule has 0 saturated heterocycles. The Labute approximate surface area is 124 Å². The molecule has 3 nitrogen and oxygen atoms in total. The number of rotatable bonds is 6. The van der Waals surface area contributed by atoms with Gasteiger partial charge in [-0.1, -0.05) is 19.9 Å². The average molecular weight is 277 g/mol. The van der Waals surface area contributed by atoms with Crippen molar-refractivity contribution in [3.05, 3.63) is 29.6 Å². The van der Waals surface area contributed by atoms with Crippen LogP contribution in [0.3, 0.4) is 0 Å². The van der Waals surface area contributed by atoms with Crippen LogP contribution in [0.4, 0.5) is 0 Å². The van der Waals surface area contributed by atoms with Gasteiger partial charge in [-0.25, -0.2) is 0 Å². The quantitative estimate of drug-likeness (QED) is 0.863. The van der Waals surface area contributed by atoms with E-state index in [2.05, 4.69) is 77.0 Å². The second-order valence-corrected chi connectivity index (χ2v) is 7.12. The third-order valence-electron chi connectivity index (χ3n) is 3.74.